The van der Waals surface area contributed by atoms with E-state index in [1.165, 1.54) is 23.9 Å². The highest BCUT2D eigenvalue weighted by Crippen LogP contribution is 2.26. The highest BCUT2D eigenvalue weighted by Gasteiger charge is 2.18. The molecule has 0 radical (unpaired) electrons. The molecule has 5 nitrogen and oxygen atoms in total. The standard InChI is InChI=1S/C14H17N3O2S.2C2H6/c1-8(2)17-14-11(5-15-7-16-14)13(19)12-4-10(6-18)9(3)20-12;2*1-2/h4-5,7-8,18H,6H2,1-3H3,(H,15,16,17);2*1-2H3. The molecule has 24 heavy (non-hydrogen) atoms. The van der Waals surface area contributed by atoms with Gasteiger partial charge < -0.3 is 10.4 Å². The summed E-state index contributed by atoms with van der Waals surface area (Å²) in [5.74, 6) is 0.415. The van der Waals surface area contributed by atoms with Gasteiger partial charge in [-0.05, 0) is 32.4 Å². The molecule has 134 valence electrons. The van der Waals surface area contributed by atoms with Crippen LogP contribution in [0.3, 0.4) is 0 Å². The largest absolute Gasteiger partial charge is 0.392 e. The summed E-state index contributed by atoms with van der Waals surface area (Å²) in [5, 5.41) is 12.4. The smallest absolute Gasteiger partial charge is 0.208 e. The van der Waals surface area contributed by atoms with E-state index in [1.54, 1.807) is 6.07 Å². The first-order chi connectivity index (χ1) is 11.5. The van der Waals surface area contributed by atoms with Crippen molar-refractivity contribution in [2.75, 3.05) is 5.32 Å². The molecular weight excluding hydrogens is 322 g/mol. The Hall–Kier alpha value is -1.79. The Kier molecular flexibility index (Phi) is 10.8. The number of carbonyl (C=O) groups excluding carboxylic acids is 1. The fourth-order valence-corrected chi connectivity index (χ4v) is 2.79. The summed E-state index contributed by atoms with van der Waals surface area (Å²) in [6.07, 6.45) is 2.94. The SMILES string of the molecule is CC.CC.Cc1sc(C(=O)c2cncnc2NC(C)C)cc1CO. The average Bonchev–Trinajstić information content (AvgIpc) is 2.99. The second-order valence-corrected chi connectivity index (χ2v) is 6.02. The van der Waals surface area contributed by atoms with Gasteiger partial charge in [0.25, 0.3) is 0 Å². The van der Waals surface area contributed by atoms with Gasteiger partial charge in [-0.25, -0.2) is 9.97 Å². The maximum Gasteiger partial charge on any atom is 0.208 e. The number of nitrogens with one attached hydrogen (secondary N) is 1. The molecule has 0 unspecified atom stereocenters. The van der Waals surface area contributed by atoms with Crippen LogP contribution in [0.4, 0.5) is 5.82 Å². The zero-order chi connectivity index (χ0) is 18.7. The Morgan fingerprint density at radius 2 is 1.92 bits per heavy atom. The number of rotatable bonds is 5. The van der Waals surface area contributed by atoms with Crippen LogP contribution < -0.4 is 5.32 Å². The number of thiophene rings is 1. The molecule has 2 heterocycles. The fraction of sp³-hybridized carbons (Fsp3) is 0.500. The lowest BCUT2D eigenvalue weighted by atomic mass is 10.1. The van der Waals surface area contributed by atoms with E-state index >= 15 is 0 Å². The van der Waals surface area contributed by atoms with Crippen molar-refractivity contribution in [3.05, 3.63) is 39.5 Å². The summed E-state index contributed by atoms with van der Waals surface area (Å²) in [5.41, 5.74) is 1.24. The molecule has 0 saturated carbocycles. The number of hydrogen-bond donors (Lipinski definition) is 2. The highest BCUT2D eigenvalue weighted by atomic mass is 32.1. The Morgan fingerprint density at radius 1 is 1.29 bits per heavy atom. The Labute approximate surface area is 149 Å². The number of carbonyl (C=O) groups is 1. The van der Waals surface area contributed by atoms with Crippen LogP contribution in [-0.4, -0.2) is 26.9 Å². The van der Waals surface area contributed by atoms with Crippen molar-refractivity contribution in [1.29, 1.82) is 0 Å². The fourth-order valence-electron chi connectivity index (χ4n) is 1.81. The molecule has 0 aromatic carbocycles. The minimum atomic E-state index is -0.124. The molecule has 2 N–H and O–H groups in total. The third-order valence-corrected chi connectivity index (χ3v) is 3.89. The Balaban J connectivity index is 0.00000123. The summed E-state index contributed by atoms with van der Waals surface area (Å²) >= 11 is 1.38. The van der Waals surface area contributed by atoms with Crippen LogP contribution >= 0.6 is 11.3 Å². The van der Waals surface area contributed by atoms with Crippen LogP contribution in [0.2, 0.25) is 0 Å². The molecule has 2 rings (SSSR count). The van der Waals surface area contributed by atoms with Gasteiger partial charge in [-0.3, -0.25) is 4.79 Å². The summed E-state index contributed by atoms with van der Waals surface area (Å²) in [7, 11) is 0. The van der Waals surface area contributed by atoms with Crippen LogP contribution in [0.15, 0.2) is 18.6 Å². The second-order valence-electron chi connectivity index (χ2n) is 4.76. The van der Waals surface area contributed by atoms with Crippen molar-refractivity contribution >= 4 is 22.9 Å². The maximum atomic E-state index is 12.5. The van der Waals surface area contributed by atoms with Crippen molar-refractivity contribution in [3.63, 3.8) is 0 Å². The molecular formula is C18H29N3O2S. The minimum absolute atomic E-state index is 0.0575. The zero-order valence-electron chi connectivity index (χ0n) is 15.7. The van der Waals surface area contributed by atoms with E-state index in [9.17, 15) is 9.90 Å². The molecule has 6 heteroatoms. The predicted octanol–water partition coefficient (Wildman–Crippen LogP) is 4.44. The predicted molar refractivity (Wildman–Crippen MR) is 102 cm³/mol. The molecule has 0 amide bonds. The highest BCUT2D eigenvalue weighted by molar-refractivity contribution is 7.14. The van der Waals surface area contributed by atoms with Crippen LogP contribution in [0.25, 0.3) is 0 Å². The zero-order valence-corrected chi connectivity index (χ0v) is 16.5. The van der Waals surface area contributed by atoms with Crippen LogP contribution in [0.5, 0.6) is 0 Å². The van der Waals surface area contributed by atoms with Gasteiger partial charge in [-0.2, -0.15) is 0 Å². The molecule has 0 aliphatic rings. The molecule has 0 atom stereocenters. The molecule has 0 aliphatic heterocycles. The van der Waals surface area contributed by atoms with Gasteiger partial charge in [-0.15, -0.1) is 11.3 Å². The molecule has 0 spiro atoms. The van der Waals surface area contributed by atoms with E-state index in [1.807, 2.05) is 48.5 Å². The lowest BCUT2D eigenvalue weighted by Gasteiger charge is -2.11. The van der Waals surface area contributed by atoms with Crippen molar-refractivity contribution in [3.8, 4) is 0 Å². The number of aromatic nitrogens is 2. The van der Waals surface area contributed by atoms with E-state index < -0.39 is 0 Å². The number of nitrogens with zero attached hydrogens (tertiary/aromatic N) is 2. The lowest BCUT2D eigenvalue weighted by molar-refractivity contribution is 0.104. The number of aliphatic hydroxyl groups is 1. The van der Waals surface area contributed by atoms with Gasteiger partial charge in [-0.1, -0.05) is 27.7 Å². The van der Waals surface area contributed by atoms with Gasteiger partial charge in [0, 0.05) is 17.1 Å². The van der Waals surface area contributed by atoms with E-state index in [-0.39, 0.29) is 18.4 Å². The molecule has 0 saturated heterocycles. The number of aryl methyl sites for hydroxylation is 1. The Bertz CT molecular complexity index is 624. The number of ketones is 1. The third kappa shape index (κ3) is 6.02. The van der Waals surface area contributed by atoms with E-state index in [0.717, 1.165) is 10.4 Å². The topological polar surface area (TPSA) is 75.1 Å². The Morgan fingerprint density at radius 3 is 2.42 bits per heavy atom. The third-order valence-electron chi connectivity index (χ3n) is 2.80. The van der Waals surface area contributed by atoms with E-state index in [0.29, 0.717) is 16.3 Å². The van der Waals surface area contributed by atoms with Gasteiger partial charge in [0.2, 0.25) is 5.78 Å². The number of anilines is 1. The van der Waals surface area contributed by atoms with Gasteiger partial charge >= 0.3 is 0 Å². The second kappa shape index (κ2) is 11.7. The maximum absolute atomic E-state index is 12.5. The molecule has 0 aliphatic carbocycles. The molecule has 2 aromatic heterocycles. The van der Waals surface area contributed by atoms with Crippen molar-refractivity contribution in [1.82, 2.24) is 9.97 Å². The number of hydrogen-bond acceptors (Lipinski definition) is 6. The van der Waals surface area contributed by atoms with Crippen LogP contribution in [0.1, 0.15) is 67.2 Å². The summed E-state index contributed by atoms with van der Waals surface area (Å²) in [6.45, 7) is 13.8. The molecule has 0 fully saturated rings. The van der Waals surface area contributed by atoms with Crippen LogP contribution in [-0.2, 0) is 6.61 Å². The number of aliphatic hydroxyl groups excluding tert-OH is 1. The lowest BCUT2D eigenvalue weighted by Crippen LogP contribution is -2.15. The summed E-state index contributed by atoms with van der Waals surface area (Å²) < 4.78 is 0. The summed E-state index contributed by atoms with van der Waals surface area (Å²) in [6, 6.07) is 1.91. The molecule has 2 aromatic rings. The first-order valence-corrected chi connectivity index (χ1v) is 9.16. The van der Waals surface area contributed by atoms with Crippen molar-refractivity contribution in [2.45, 2.75) is 61.1 Å². The van der Waals surface area contributed by atoms with Gasteiger partial charge in [0.05, 0.1) is 17.0 Å². The normalized spacial score (nSPS) is 9.54. The van der Waals surface area contributed by atoms with Gasteiger partial charge in [0.15, 0.2) is 0 Å². The van der Waals surface area contributed by atoms with Crippen LogP contribution in [0, 0.1) is 6.92 Å². The minimum Gasteiger partial charge on any atom is -0.392 e. The van der Waals surface area contributed by atoms with E-state index in [4.69, 9.17) is 0 Å². The monoisotopic (exact) mass is 351 g/mol. The molecule has 0 bridgehead atoms. The average molecular weight is 352 g/mol. The van der Waals surface area contributed by atoms with Crippen molar-refractivity contribution in [2.24, 2.45) is 0 Å². The first kappa shape index (κ1) is 22.2. The first-order valence-electron chi connectivity index (χ1n) is 8.34. The van der Waals surface area contributed by atoms with Gasteiger partial charge in [0.1, 0.15) is 12.1 Å². The van der Waals surface area contributed by atoms with E-state index in [2.05, 4.69) is 15.3 Å². The summed E-state index contributed by atoms with van der Waals surface area (Å²) in [4.78, 5) is 22.1. The van der Waals surface area contributed by atoms with Crippen molar-refractivity contribution < 1.29 is 9.90 Å². The quantitative estimate of drug-likeness (QED) is 0.779.